The molecule has 0 fully saturated rings. The molecule has 0 aliphatic carbocycles. The summed E-state index contributed by atoms with van der Waals surface area (Å²) in [5.41, 5.74) is 4.31. The minimum Gasteiger partial charge on any atom is -0.438 e. The number of halogens is 1. The van der Waals surface area contributed by atoms with Crippen LogP contribution >= 0.6 is 15.9 Å². The van der Waals surface area contributed by atoms with Gasteiger partial charge in [-0.15, -0.1) is 0 Å². The fourth-order valence-electron chi connectivity index (χ4n) is 1.98. The van der Waals surface area contributed by atoms with Gasteiger partial charge in [0.25, 0.3) is 0 Å². The number of aryl methyl sites for hydroxylation is 1. The molecule has 0 spiro atoms. The summed E-state index contributed by atoms with van der Waals surface area (Å²) in [6, 6.07) is 13.4. The molecule has 0 atom stereocenters. The van der Waals surface area contributed by atoms with Gasteiger partial charge in [0.15, 0.2) is 0 Å². The topological polar surface area (TPSA) is 73.1 Å². The van der Waals surface area contributed by atoms with Gasteiger partial charge in [-0.2, -0.15) is 4.98 Å². The van der Waals surface area contributed by atoms with Crippen molar-refractivity contribution >= 4 is 32.8 Å². The zero-order valence-electron chi connectivity index (χ0n) is 11.3. The summed E-state index contributed by atoms with van der Waals surface area (Å²) in [6.45, 7) is 2.00. The number of nitrogen functional groups attached to an aromatic ring is 1. The fraction of sp³-hybridized carbons (Fsp3) is 0.0667. The molecule has 3 rings (SSSR count). The number of rotatable bonds is 3. The Kier molecular flexibility index (Phi) is 3.72. The smallest absolute Gasteiger partial charge is 0.241 e. The third kappa shape index (κ3) is 2.81. The Labute approximate surface area is 130 Å². The number of aromatic nitrogens is 2. The Morgan fingerprint density at radius 2 is 1.95 bits per heavy atom. The summed E-state index contributed by atoms with van der Waals surface area (Å²) in [6.07, 6.45) is 0. The average Bonchev–Trinajstić information content (AvgIpc) is 2.51. The predicted molar refractivity (Wildman–Crippen MR) is 86.3 cm³/mol. The Morgan fingerprint density at radius 1 is 1.14 bits per heavy atom. The monoisotopic (exact) mass is 344 g/mol. The van der Waals surface area contributed by atoms with Crippen molar-refractivity contribution in [3.05, 3.63) is 52.5 Å². The molecule has 21 heavy (non-hydrogen) atoms. The minimum atomic E-state index is 0.317. The standard InChI is InChI=1S/C15H13BrN4O/c1-9-8-10(6-7-12(9)16)21-14-11-4-2-3-5-13(11)18-15(19-14)20-17/h2-8H,17H2,1H3,(H,18,19,20). The highest BCUT2D eigenvalue weighted by Crippen LogP contribution is 2.30. The van der Waals surface area contributed by atoms with E-state index in [9.17, 15) is 0 Å². The highest BCUT2D eigenvalue weighted by molar-refractivity contribution is 9.10. The number of hydrogen-bond acceptors (Lipinski definition) is 5. The minimum absolute atomic E-state index is 0.317. The number of ether oxygens (including phenoxy) is 1. The van der Waals surface area contributed by atoms with E-state index in [1.165, 1.54) is 0 Å². The fourth-order valence-corrected chi connectivity index (χ4v) is 2.23. The van der Waals surface area contributed by atoms with Gasteiger partial charge in [-0.1, -0.05) is 28.1 Å². The molecule has 1 heterocycles. The molecule has 5 nitrogen and oxygen atoms in total. The number of hydrogen-bond donors (Lipinski definition) is 2. The van der Waals surface area contributed by atoms with Crippen LogP contribution in [0.2, 0.25) is 0 Å². The highest BCUT2D eigenvalue weighted by Gasteiger charge is 2.09. The van der Waals surface area contributed by atoms with E-state index in [-0.39, 0.29) is 0 Å². The highest BCUT2D eigenvalue weighted by atomic mass is 79.9. The number of nitrogens with zero attached hydrogens (tertiary/aromatic N) is 2. The molecule has 0 unspecified atom stereocenters. The molecule has 0 amide bonds. The molecule has 0 aliphatic rings. The second-order valence-electron chi connectivity index (χ2n) is 4.53. The number of nitrogens with two attached hydrogens (primary N) is 1. The number of anilines is 1. The largest absolute Gasteiger partial charge is 0.438 e. The van der Waals surface area contributed by atoms with E-state index in [0.29, 0.717) is 17.6 Å². The first-order chi connectivity index (χ1) is 10.2. The van der Waals surface area contributed by atoms with Crippen molar-refractivity contribution in [2.45, 2.75) is 6.92 Å². The number of fused-ring (bicyclic) bond motifs is 1. The zero-order chi connectivity index (χ0) is 14.8. The molecule has 0 saturated heterocycles. The summed E-state index contributed by atoms with van der Waals surface area (Å²) >= 11 is 3.47. The van der Waals surface area contributed by atoms with E-state index in [2.05, 4.69) is 31.3 Å². The maximum atomic E-state index is 5.90. The van der Waals surface area contributed by atoms with Gasteiger partial charge in [-0.05, 0) is 42.8 Å². The van der Waals surface area contributed by atoms with Gasteiger partial charge in [0.1, 0.15) is 5.75 Å². The molecule has 3 aromatic rings. The first-order valence-corrected chi connectivity index (χ1v) is 7.14. The SMILES string of the molecule is Cc1cc(Oc2nc(NN)nc3ccccc23)ccc1Br. The molecule has 106 valence electrons. The van der Waals surface area contributed by atoms with E-state index >= 15 is 0 Å². The van der Waals surface area contributed by atoms with Gasteiger partial charge < -0.3 is 4.74 Å². The summed E-state index contributed by atoms with van der Waals surface area (Å²) in [4.78, 5) is 8.58. The van der Waals surface area contributed by atoms with Crippen molar-refractivity contribution in [2.75, 3.05) is 5.43 Å². The number of hydrazine groups is 1. The van der Waals surface area contributed by atoms with E-state index in [1.54, 1.807) is 0 Å². The summed E-state index contributed by atoms with van der Waals surface area (Å²) < 4.78 is 6.94. The van der Waals surface area contributed by atoms with Gasteiger partial charge in [-0.3, -0.25) is 5.43 Å². The lowest BCUT2D eigenvalue weighted by atomic mass is 10.2. The zero-order valence-corrected chi connectivity index (χ0v) is 12.9. The van der Waals surface area contributed by atoms with Gasteiger partial charge >= 0.3 is 0 Å². The van der Waals surface area contributed by atoms with Crippen molar-refractivity contribution in [3.8, 4) is 11.6 Å². The van der Waals surface area contributed by atoms with E-state index in [0.717, 1.165) is 20.9 Å². The first kappa shape index (κ1) is 13.8. The Hall–Kier alpha value is -2.18. The number of para-hydroxylation sites is 1. The first-order valence-electron chi connectivity index (χ1n) is 6.35. The van der Waals surface area contributed by atoms with Gasteiger partial charge in [-0.25, -0.2) is 10.8 Å². The molecular formula is C15H13BrN4O. The van der Waals surface area contributed by atoms with Crippen LogP contribution in [0, 0.1) is 6.92 Å². The Balaban J connectivity index is 2.08. The van der Waals surface area contributed by atoms with E-state index in [1.807, 2.05) is 49.4 Å². The second kappa shape index (κ2) is 5.67. The van der Waals surface area contributed by atoms with Crippen LogP contribution in [0.5, 0.6) is 11.6 Å². The molecule has 2 aromatic carbocycles. The van der Waals surface area contributed by atoms with Crippen molar-refractivity contribution in [1.82, 2.24) is 9.97 Å². The van der Waals surface area contributed by atoms with Crippen molar-refractivity contribution in [3.63, 3.8) is 0 Å². The summed E-state index contributed by atoms with van der Waals surface area (Å²) in [5.74, 6) is 6.91. The second-order valence-corrected chi connectivity index (χ2v) is 5.38. The van der Waals surface area contributed by atoms with Gasteiger partial charge in [0.05, 0.1) is 10.9 Å². The summed E-state index contributed by atoms with van der Waals surface area (Å²) in [5, 5.41) is 0.831. The lowest BCUT2D eigenvalue weighted by Crippen LogP contribution is -2.11. The third-order valence-electron chi connectivity index (χ3n) is 3.04. The molecule has 0 bridgehead atoms. The molecular weight excluding hydrogens is 332 g/mol. The van der Waals surface area contributed by atoms with Crippen LogP contribution in [0.1, 0.15) is 5.56 Å². The maximum absolute atomic E-state index is 5.90. The molecule has 0 saturated carbocycles. The van der Waals surface area contributed by atoms with Crippen LogP contribution in [-0.2, 0) is 0 Å². The predicted octanol–water partition coefficient (Wildman–Crippen LogP) is 3.78. The summed E-state index contributed by atoms with van der Waals surface area (Å²) in [7, 11) is 0. The van der Waals surface area contributed by atoms with Crippen LogP contribution in [0.4, 0.5) is 5.95 Å². The molecule has 0 radical (unpaired) electrons. The lowest BCUT2D eigenvalue weighted by molar-refractivity contribution is 0.468. The molecule has 1 aromatic heterocycles. The van der Waals surface area contributed by atoms with Crippen LogP contribution in [0.3, 0.4) is 0 Å². The van der Waals surface area contributed by atoms with E-state index < -0.39 is 0 Å². The van der Waals surface area contributed by atoms with Crippen molar-refractivity contribution < 1.29 is 4.74 Å². The average molecular weight is 345 g/mol. The van der Waals surface area contributed by atoms with Crippen LogP contribution < -0.4 is 16.0 Å². The lowest BCUT2D eigenvalue weighted by Gasteiger charge is -2.10. The van der Waals surface area contributed by atoms with Crippen LogP contribution in [0.25, 0.3) is 10.9 Å². The number of benzene rings is 2. The van der Waals surface area contributed by atoms with Gasteiger partial charge in [0.2, 0.25) is 11.8 Å². The molecule has 0 aliphatic heterocycles. The number of nitrogens with one attached hydrogen (secondary N) is 1. The quantitative estimate of drug-likeness (QED) is 0.558. The third-order valence-corrected chi connectivity index (χ3v) is 3.93. The maximum Gasteiger partial charge on any atom is 0.241 e. The van der Waals surface area contributed by atoms with E-state index in [4.69, 9.17) is 10.6 Å². The Bertz CT molecular complexity index is 807. The normalized spacial score (nSPS) is 10.6. The van der Waals surface area contributed by atoms with Crippen LogP contribution in [0.15, 0.2) is 46.9 Å². The van der Waals surface area contributed by atoms with Crippen molar-refractivity contribution in [2.24, 2.45) is 5.84 Å². The molecule has 3 N–H and O–H groups in total. The molecule has 6 heteroatoms. The van der Waals surface area contributed by atoms with Crippen molar-refractivity contribution in [1.29, 1.82) is 0 Å². The van der Waals surface area contributed by atoms with Crippen LogP contribution in [-0.4, -0.2) is 9.97 Å². The van der Waals surface area contributed by atoms with Gasteiger partial charge in [0, 0.05) is 4.47 Å². The Morgan fingerprint density at radius 3 is 2.71 bits per heavy atom.